The zero-order valence-corrected chi connectivity index (χ0v) is 8.22. The normalized spacial score (nSPS) is 17.7. The monoisotopic (exact) mass is 172 g/mol. The topological polar surface area (TPSA) is 24.1 Å². The van der Waals surface area contributed by atoms with E-state index in [1.165, 1.54) is 12.8 Å². The lowest BCUT2D eigenvalue weighted by molar-refractivity contribution is 0.400. The second-order valence-electron chi connectivity index (χ2n) is 3.70. The molecule has 2 N–H and O–H groups in total. The number of nitrogens with one attached hydrogen (secondary N) is 2. The predicted molar refractivity (Wildman–Crippen MR) is 51.6 cm³/mol. The van der Waals surface area contributed by atoms with E-state index in [2.05, 4.69) is 24.5 Å². The van der Waals surface area contributed by atoms with Gasteiger partial charge in [0.05, 0.1) is 0 Å². The molecule has 1 rings (SSSR count). The van der Waals surface area contributed by atoms with Gasteiger partial charge in [-0.15, -0.1) is 0 Å². The minimum Gasteiger partial charge on any atom is -0.366 e. The number of hydrogen-bond acceptors (Lipinski definition) is 1. The Labute approximate surface area is 73.7 Å². The highest BCUT2D eigenvalue weighted by Gasteiger charge is 2.37. The van der Waals surface area contributed by atoms with E-state index in [0.717, 1.165) is 11.0 Å². The van der Waals surface area contributed by atoms with Crippen molar-refractivity contribution in [3.63, 3.8) is 0 Å². The number of hydrogen-bond donors (Lipinski definition) is 2. The quantitative estimate of drug-likeness (QED) is 0.613. The van der Waals surface area contributed by atoms with Crippen LogP contribution >= 0.6 is 12.2 Å². The van der Waals surface area contributed by atoms with Crippen molar-refractivity contribution in [2.24, 2.45) is 5.92 Å². The summed E-state index contributed by atoms with van der Waals surface area (Å²) >= 11 is 5.03. The maximum absolute atomic E-state index is 5.03. The van der Waals surface area contributed by atoms with Gasteiger partial charge in [0.2, 0.25) is 0 Å². The Morgan fingerprint density at radius 3 is 2.36 bits per heavy atom. The molecule has 0 radical (unpaired) electrons. The van der Waals surface area contributed by atoms with E-state index < -0.39 is 0 Å². The molecule has 1 aliphatic rings. The van der Waals surface area contributed by atoms with E-state index in [9.17, 15) is 0 Å². The van der Waals surface area contributed by atoms with Crippen molar-refractivity contribution in [1.29, 1.82) is 0 Å². The maximum atomic E-state index is 5.03. The van der Waals surface area contributed by atoms with Crippen LogP contribution in [0.4, 0.5) is 0 Å². The van der Waals surface area contributed by atoms with E-state index in [-0.39, 0.29) is 5.54 Å². The molecule has 2 nitrogen and oxygen atoms in total. The molecular formula is C8H16N2S. The Bertz CT molecular complexity index is 161. The second-order valence-corrected chi connectivity index (χ2v) is 4.11. The van der Waals surface area contributed by atoms with Crippen molar-refractivity contribution < 1.29 is 0 Å². The van der Waals surface area contributed by atoms with Gasteiger partial charge in [0.25, 0.3) is 0 Å². The third-order valence-corrected chi connectivity index (χ3v) is 2.57. The number of thiocarbonyl (C=S) groups is 1. The fourth-order valence-corrected chi connectivity index (χ4v) is 1.53. The lowest BCUT2D eigenvalue weighted by Gasteiger charge is -2.27. The summed E-state index contributed by atoms with van der Waals surface area (Å²) in [5.74, 6) is 0.814. The molecule has 0 aromatic rings. The van der Waals surface area contributed by atoms with E-state index in [1.54, 1.807) is 0 Å². The summed E-state index contributed by atoms with van der Waals surface area (Å²) in [6, 6.07) is 0. The molecule has 0 saturated heterocycles. The molecule has 0 amide bonds. The highest BCUT2D eigenvalue weighted by Crippen LogP contribution is 2.38. The smallest absolute Gasteiger partial charge is 0.166 e. The Hall–Kier alpha value is -0.310. The third-order valence-electron chi connectivity index (χ3n) is 2.26. The van der Waals surface area contributed by atoms with Crippen LogP contribution in [0.25, 0.3) is 0 Å². The van der Waals surface area contributed by atoms with Gasteiger partial charge in [-0.1, -0.05) is 0 Å². The van der Waals surface area contributed by atoms with E-state index in [1.807, 2.05) is 7.05 Å². The Morgan fingerprint density at radius 1 is 1.45 bits per heavy atom. The predicted octanol–water partition coefficient (Wildman–Crippen LogP) is 1.27. The molecule has 1 fully saturated rings. The van der Waals surface area contributed by atoms with Gasteiger partial charge in [0.15, 0.2) is 5.11 Å². The zero-order valence-electron chi connectivity index (χ0n) is 7.40. The SMILES string of the molecule is CNC(=S)NC(C)(C)C1CC1. The molecule has 0 aromatic heterocycles. The van der Waals surface area contributed by atoms with Crippen molar-refractivity contribution in [1.82, 2.24) is 10.6 Å². The van der Waals surface area contributed by atoms with Crippen molar-refractivity contribution in [2.75, 3.05) is 7.05 Å². The zero-order chi connectivity index (χ0) is 8.48. The Balaban J connectivity index is 2.38. The van der Waals surface area contributed by atoms with Crippen LogP contribution in [0, 0.1) is 5.92 Å². The molecule has 0 spiro atoms. The van der Waals surface area contributed by atoms with Gasteiger partial charge >= 0.3 is 0 Å². The van der Waals surface area contributed by atoms with Crippen molar-refractivity contribution >= 4 is 17.3 Å². The molecule has 64 valence electrons. The van der Waals surface area contributed by atoms with Gasteiger partial charge in [-0.2, -0.15) is 0 Å². The highest BCUT2D eigenvalue weighted by atomic mass is 32.1. The summed E-state index contributed by atoms with van der Waals surface area (Å²) in [7, 11) is 1.85. The first-order valence-corrected chi connectivity index (χ1v) is 4.47. The minimum atomic E-state index is 0.181. The molecule has 0 heterocycles. The van der Waals surface area contributed by atoms with Crippen molar-refractivity contribution in [3.05, 3.63) is 0 Å². The second kappa shape index (κ2) is 2.97. The maximum Gasteiger partial charge on any atom is 0.166 e. The molecule has 0 unspecified atom stereocenters. The molecular weight excluding hydrogens is 156 g/mol. The first-order valence-electron chi connectivity index (χ1n) is 4.06. The molecule has 0 aromatic carbocycles. The van der Waals surface area contributed by atoms with Gasteiger partial charge < -0.3 is 10.6 Å². The first kappa shape index (κ1) is 8.78. The molecule has 3 heteroatoms. The van der Waals surface area contributed by atoms with E-state index in [0.29, 0.717) is 0 Å². The average Bonchev–Trinajstić information content (AvgIpc) is 2.66. The lowest BCUT2D eigenvalue weighted by Crippen LogP contribution is -2.48. The standard InChI is InChI=1S/C8H16N2S/c1-8(2,6-4-5-6)10-7(11)9-3/h6H,4-5H2,1-3H3,(H2,9,10,11). The van der Waals surface area contributed by atoms with E-state index >= 15 is 0 Å². The van der Waals surface area contributed by atoms with Crippen LogP contribution < -0.4 is 10.6 Å². The van der Waals surface area contributed by atoms with Crippen molar-refractivity contribution in [3.8, 4) is 0 Å². The fraction of sp³-hybridized carbons (Fsp3) is 0.875. The van der Waals surface area contributed by atoms with Crippen LogP contribution in [0.2, 0.25) is 0 Å². The van der Waals surface area contributed by atoms with Gasteiger partial charge in [0.1, 0.15) is 0 Å². The Kier molecular flexibility index (Phi) is 2.37. The highest BCUT2D eigenvalue weighted by molar-refractivity contribution is 7.80. The summed E-state index contributed by atoms with van der Waals surface area (Å²) in [6.07, 6.45) is 2.68. The summed E-state index contributed by atoms with van der Waals surface area (Å²) in [6.45, 7) is 4.41. The van der Waals surface area contributed by atoms with Gasteiger partial charge in [0, 0.05) is 12.6 Å². The van der Waals surface area contributed by atoms with Crippen LogP contribution in [0.5, 0.6) is 0 Å². The molecule has 0 aliphatic heterocycles. The number of rotatable bonds is 2. The summed E-state index contributed by atoms with van der Waals surface area (Å²) in [5.41, 5.74) is 0.181. The molecule has 0 bridgehead atoms. The van der Waals surface area contributed by atoms with E-state index in [4.69, 9.17) is 12.2 Å². The summed E-state index contributed by atoms with van der Waals surface area (Å²) < 4.78 is 0. The first-order chi connectivity index (χ1) is 5.06. The van der Waals surface area contributed by atoms with Gasteiger partial charge in [-0.3, -0.25) is 0 Å². The van der Waals surface area contributed by atoms with Crippen LogP contribution in [0.15, 0.2) is 0 Å². The largest absolute Gasteiger partial charge is 0.366 e. The molecule has 0 atom stereocenters. The van der Waals surface area contributed by atoms with Crippen LogP contribution in [0.3, 0.4) is 0 Å². The van der Waals surface area contributed by atoms with Crippen LogP contribution in [-0.4, -0.2) is 17.7 Å². The van der Waals surface area contributed by atoms with Gasteiger partial charge in [-0.05, 0) is 44.8 Å². The van der Waals surface area contributed by atoms with Crippen LogP contribution in [-0.2, 0) is 0 Å². The third kappa shape index (κ3) is 2.33. The summed E-state index contributed by atoms with van der Waals surface area (Å²) in [4.78, 5) is 0. The van der Waals surface area contributed by atoms with Gasteiger partial charge in [-0.25, -0.2) is 0 Å². The molecule has 1 saturated carbocycles. The van der Waals surface area contributed by atoms with Crippen LogP contribution in [0.1, 0.15) is 26.7 Å². The average molecular weight is 172 g/mol. The van der Waals surface area contributed by atoms with Crippen molar-refractivity contribution in [2.45, 2.75) is 32.2 Å². The fourth-order valence-electron chi connectivity index (χ4n) is 1.26. The molecule has 1 aliphatic carbocycles. The summed E-state index contributed by atoms with van der Waals surface area (Å²) in [5, 5.41) is 6.96. The molecule has 11 heavy (non-hydrogen) atoms. The lowest BCUT2D eigenvalue weighted by atomic mass is 9.99. The minimum absolute atomic E-state index is 0.181. The Morgan fingerprint density at radius 2 is 2.00 bits per heavy atom.